The molecule has 3 rings (SSSR count). The lowest BCUT2D eigenvalue weighted by atomic mass is 9.87. The Balaban J connectivity index is 1.65. The number of ether oxygens (including phenoxy) is 1. The molecule has 0 fully saturated rings. The van der Waals surface area contributed by atoms with Gasteiger partial charge in [-0.1, -0.05) is 54.6 Å². The summed E-state index contributed by atoms with van der Waals surface area (Å²) in [5.74, 6) is 1.59. The topological polar surface area (TPSA) is 22.1 Å². The van der Waals surface area contributed by atoms with Crippen molar-refractivity contribution in [3.8, 4) is 5.75 Å². The summed E-state index contributed by atoms with van der Waals surface area (Å²) in [6.45, 7) is 4.17. The molecule has 0 saturated heterocycles. The van der Waals surface area contributed by atoms with E-state index in [1.54, 1.807) is 0 Å². The van der Waals surface area contributed by atoms with Crippen LogP contribution in [-0.4, -0.2) is 11.1 Å². The quantitative estimate of drug-likeness (QED) is 0.399. The van der Waals surface area contributed by atoms with Gasteiger partial charge in [0.25, 0.3) is 0 Å². The molecule has 0 aliphatic heterocycles. The van der Waals surface area contributed by atoms with Crippen LogP contribution in [0.4, 0.5) is 0 Å². The molecule has 146 valence electrons. The van der Waals surface area contributed by atoms with E-state index in [1.165, 1.54) is 29.5 Å². The smallest absolute Gasteiger partial charge is 0.122 e. The SMILES string of the molecule is CC(C)Oc1ccccc1CCC(CCCc1cccnc1)c1ccccc1. The number of benzene rings is 2. The van der Waals surface area contributed by atoms with Crippen LogP contribution in [-0.2, 0) is 12.8 Å². The molecule has 1 unspecified atom stereocenters. The molecule has 2 aromatic carbocycles. The van der Waals surface area contributed by atoms with Crippen molar-refractivity contribution < 1.29 is 4.74 Å². The standard InChI is InChI=1S/C26H31NO/c1-21(2)28-26-16-7-6-14-25(26)18-17-24(23-12-4-3-5-13-23)15-8-10-22-11-9-19-27-20-22/h3-7,9,11-14,16,19-21,24H,8,10,15,17-18H2,1-2H3. The average molecular weight is 374 g/mol. The lowest BCUT2D eigenvalue weighted by Gasteiger charge is -2.19. The zero-order valence-corrected chi connectivity index (χ0v) is 17.1. The van der Waals surface area contributed by atoms with Crippen LogP contribution in [0.25, 0.3) is 0 Å². The Morgan fingerprint density at radius 1 is 0.821 bits per heavy atom. The van der Waals surface area contributed by atoms with Gasteiger partial charge in [-0.15, -0.1) is 0 Å². The first-order valence-corrected chi connectivity index (χ1v) is 10.4. The lowest BCUT2D eigenvalue weighted by molar-refractivity contribution is 0.239. The van der Waals surface area contributed by atoms with E-state index in [0.29, 0.717) is 5.92 Å². The Kier molecular flexibility index (Phi) is 7.66. The summed E-state index contributed by atoms with van der Waals surface area (Å²) in [6, 6.07) is 23.6. The molecule has 0 bridgehead atoms. The number of rotatable bonds is 10. The highest BCUT2D eigenvalue weighted by Gasteiger charge is 2.13. The molecule has 28 heavy (non-hydrogen) atoms. The molecule has 1 aromatic heterocycles. The van der Waals surface area contributed by atoms with Crippen molar-refractivity contribution in [1.29, 1.82) is 0 Å². The number of nitrogens with zero attached hydrogens (tertiary/aromatic N) is 1. The first-order chi connectivity index (χ1) is 13.7. The highest BCUT2D eigenvalue weighted by Crippen LogP contribution is 2.30. The Bertz CT molecular complexity index is 814. The number of pyridine rings is 1. The number of para-hydroxylation sites is 1. The van der Waals surface area contributed by atoms with Crippen molar-refractivity contribution >= 4 is 0 Å². The van der Waals surface area contributed by atoms with Crippen molar-refractivity contribution in [3.63, 3.8) is 0 Å². The van der Waals surface area contributed by atoms with Gasteiger partial charge >= 0.3 is 0 Å². The normalized spacial score (nSPS) is 12.1. The molecule has 1 heterocycles. The number of hydrogen-bond acceptors (Lipinski definition) is 2. The monoisotopic (exact) mass is 373 g/mol. The number of hydrogen-bond donors (Lipinski definition) is 0. The van der Waals surface area contributed by atoms with Gasteiger partial charge in [0.05, 0.1) is 6.10 Å². The third-order valence-corrected chi connectivity index (χ3v) is 5.11. The minimum atomic E-state index is 0.200. The predicted octanol–water partition coefficient (Wildman–Crippen LogP) is 6.61. The van der Waals surface area contributed by atoms with Crippen LogP contribution < -0.4 is 4.74 Å². The second kappa shape index (κ2) is 10.7. The summed E-state index contributed by atoms with van der Waals surface area (Å²) in [4.78, 5) is 4.24. The fourth-order valence-corrected chi connectivity index (χ4v) is 3.71. The van der Waals surface area contributed by atoms with Crippen molar-refractivity contribution in [2.75, 3.05) is 0 Å². The van der Waals surface area contributed by atoms with Crippen LogP contribution in [0.15, 0.2) is 79.1 Å². The molecular weight excluding hydrogens is 342 g/mol. The molecule has 1 atom stereocenters. The van der Waals surface area contributed by atoms with Crippen LogP contribution in [0.5, 0.6) is 5.75 Å². The highest BCUT2D eigenvalue weighted by molar-refractivity contribution is 5.34. The van der Waals surface area contributed by atoms with Crippen LogP contribution in [0.1, 0.15) is 55.7 Å². The highest BCUT2D eigenvalue weighted by atomic mass is 16.5. The fourth-order valence-electron chi connectivity index (χ4n) is 3.71. The first kappa shape index (κ1) is 20.1. The Morgan fingerprint density at radius 3 is 2.36 bits per heavy atom. The van der Waals surface area contributed by atoms with Crippen LogP contribution >= 0.6 is 0 Å². The molecule has 3 aromatic rings. The molecule has 0 amide bonds. The number of aromatic nitrogens is 1. The van der Waals surface area contributed by atoms with Gasteiger partial charge in [-0.05, 0) is 80.7 Å². The van der Waals surface area contributed by atoms with E-state index < -0.39 is 0 Å². The van der Waals surface area contributed by atoms with E-state index >= 15 is 0 Å². The maximum Gasteiger partial charge on any atom is 0.122 e. The van der Waals surface area contributed by atoms with E-state index in [4.69, 9.17) is 4.74 Å². The zero-order chi connectivity index (χ0) is 19.6. The van der Waals surface area contributed by atoms with Crippen molar-refractivity contribution in [3.05, 3.63) is 95.8 Å². The summed E-state index contributed by atoms with van der Waals surface area (Å²) < 4.78 is 6.02. The molecule has 0 N–H and O–H groups in total. The van der Waals surface area contributed by atoms with E-state index in [2.05, 4.69) is 79.5 Å². The zero-order valence-electron chi connectivity index (χ0n) is 17.1. The van der Waals surface area contributed by atoms with Crippen LogP contribution in [0.2, 0.25) is 0 Å². The minimum Gasteiger partial charge on any atom is -0.491 e. The fraction of sp³-hybridized carbons (Fsp3) is 0.346. The Morgan fingerprint density at radius 2 is 1.61 bits per heavy atom. The summed E-state index contributed by atoms with van der Waals surface area (Å²) in [7, 11) is 0. The second-order valence-electron chi connectivity index (χ2n) is 7.67. The molecule has 0 saturated carbocycles. The van der Waals surface area contributed by atoms with Gasteiger partial charge < -0.3 is 4.74 Å². The number of aryl methyl sites for hydroxylation is 2. The van der Waals surface area contributed by atoms with Crippen molar-refractivity contribution in [1.82, 2.24) is 4.98 Å². The summed E-state index contributed by atoms with van der Waals surface area (Å²) >= 11 is 0. The second-order valence-corrected chi connectivity index (χ2v) is 7.67. The molecule has 0 radical (unpaired) electrons. The van der Waals surface area contributed by atoms with Gasteiger partial charge in [0.1, 0.15) is 5.75 Å². The van der Waals surface area contributed by atoms with E-state index in [9.17, 15) is 0 Å². The van der Waals surface area contributed by atoms with Crippen LogP contribution in [0.3, 0.4) is 0 Å². The van der Waals surface area contributed by atoms with Gasteiger partial charge in [0.2, 0.25) is 0 Å². The van der Waals surface area contributed by atoms with Crippen molar-refractivity contribution in [2.24, 2.45) is 0 Å². The van der Waals surface area contributed by atoms with Gasteiger partial charge in [-0.3, -0.25) is 4.98 Å². The van der Waals surface area contributed by atoms with E-state index in [0.717, 1.165) is 25.0 Å². The van der Waals surface area contributed by atoms with E-state index in [-0.39, 0.29) is 6.10 Å². The van der Waals surface area contributed by atoms with Gasteiger partial charge in [0.15, 0.2) is 0 Å². The average Bonchev–Trinajstić information content (AvgIpc) is 2.72. The Hall–Kier alpha value is -2.61. The molecule has 0 aliphatic carbocycles. The summed E-state index contributed by atoms with van der Waals surface area (Å²) in [5, 5.41) is 0. The lowest BCUT2D eigenvalue weighted by Crippen LogP contribution is -2.08. The minimum absolute atomic E-state index is 0.200. The Labute approximate surface area is 169 Å². The summed E-state index contributed by atoms with van der Waals surface area (Å²) in [6.07, 6.45) is 9.64. The van der Waals surface area contributed by atoms with Gasteiger partial charge in [-0.2, -0.15) is 0 Å². The maximum absolute atomic E-state index is 6.02. The largest absolute Gasteiger partial charge is 0.491 e. The third-order valence-electron chi connectivity index (χ3n) is 5.11. The first-order valence-electron chi connectivity index (χ1n) is 10.4. The summed E-state index contributed by atoms with van der Waals surface area (Å²) in [5.41, 5.74) is 4.07. The predicted molar refractivity (Wildman–Crippen MR) is 117 cm³/mol. The molecular formula is C26H31NO. The molecule has 2 heteroatoms. The van der Waals surface area contributed by atoms with Crippen LogP contribution in [0, 0.1) is 0 Å². The van der Waals surface area contributed by atoms with Gasteiger partial charge in [0, 0.05) is 12.4 Å². The third kappa shape index (κ3) is 6.23. The molecule has 0 spiro atoms. The maximum atomic E-state index is 6.02. The van der Waals surface area contributed by atoms with Gasteiger partial charge in [-0.25, -0.2) is 0 Å². The van der Waals surface area contributed by atoms with Crippen molar-refractivity contribution in [2.45, 2.75) is 58.0 Å². The molecule has 2 nitrogen and oxygen atoms in total. The molecule has 0 aliphatic rings. The van der Waals surface area contributed by atoms with E-state index in [1.807, 2.05) is 18.5 Å².